The number of allylic oxidation sites excluding steroid dienone is 4. The number of carbonyl (C=O) groups is 2. The highest BCUT2D eigenvalue weighted by molar-refractivity contribution is 6.11. The van der Waals surface area contributed by atoms with Crippen LogP contribution >= 0.6 is 0 Å². The Labute approximate surface area is 414 Å². The Hall–Kier alpha value is -6.65. The second-order valence-electron chi connectivity index (χ2n) is 18.2. The first-order chi connectivity index (χ1) is 33.8. The fraction of sp³-hybridized carbons (Fsp3) is 0.426. The van der Waals surface area contributed by atoms with Crippen molar-refractivity contribution in [1.82, 2.24) is 34.8 Å². The number of amidine groups is 4. The Morgan fingerprint density at radius 3 is 2.00 bits per heavy atom. The van der Waals surface area contributed by atoms with Gasteiger partial charge in [0.1, 0.15) is 40.7 Å². The van der Waals surface area contributed by atoms with Crippen molar-refractivity contribution in [3.8, 4) is 0 Å². The van der Waals surface area contributed by atoms with Gasteiger partial charge in [-0.3, -0.25) is 36.1 Å². The molecule has 0 spiro atoms. The van der Waals surface area contributed by atoms with Crippen molar-refractivity contribution < 1.29 is 21.2 Å². The highest BCUT2D eigenvalue weighted by Crippen LogP contribution is 2.29. The molecule has 0 bridgehead atoms. The maximum Gasteiger partial charge on any atom is 0.259 e. The molecule has 374 valence electrons. The minimum atomic E-state index is -0.561. The van der Waals surface area contributed by atoms with E-state index in [0.29, 0.717) is 62.0 Å². The second-order valence-corrected chi connectivity index (χ2v) is 18.2. The van der Waals surface area contributed by atoms with Crippen LogP contribution < -0.4 is 10.6 Å². The lowest BCUT2D eigenvalue weighted by molar-refractivity contribution is 0.0943. The smallest absolute Gasteiger partial charge is 0.259 e. The molecule has 0 radical (unpaired) electrons. The number of benzene rings is 2. The van der Waals surface area contributed by atoms with Crippen LogP contribution in [0.15, 0.2) is 89.7 Å². The molecule has 14 nitrogen and oxygen atoms in total. The molecule has 5 aliphatic heterocycles. The Morgan fingerprint density at radius 1 is 0.771 bits per heavy atom. The van der Waals surface area contributed by atoms with Crippen molar-refractivity contribution in [1.29, 1.82) is 21.6 Å². The van der Waals surface area contributed by atoms with Crippen LogP contribution in [0.4, 0.5) is 14.6 Å². The third kappa shape index (κ3) is 11.7. The Balaban J connectivity index is 0.000000255. The van der Waals surface area contributed by atoms with Crippen LogP contribution in [0.1, 0.15) is 118 Å². The van der Waals surface area contributed by atoms with Gasteiger partial charge >= 0.3 is 0 Å². The standard InChI is InChI=1S/C28H34FN7O.C24H28FN5O.C2H6.2H2/c1-2-21(35-11-3-4-12-35)18-34-14-10-19-16-23(29)22(15-20(19)17-34)28(37)33-26-9-5-7-24(32-26)27(31)36-13-6-8-25(36)30;1-3-17-18(23(27)30-10-5-8-22(30)26)6-4-7-21(17)28-24(31)19-12-16-14-29(2)11-9-15(16)13-20(19)25;1-2;;/h2,5,7,9,15-16,30-31H,3-4,6,8,10-14,17-18H2,1H3,(H,32,33,37);3-4,6-7,12-13,21,26-27H,5,8-11,14H2,1-2H3,(H,28,31);1-2H3;2*1H/b21-2+,30-25?,31-27?;17-3-,26-22?,27-23?;;;. The second kappa shape index (κ2) is 23.3. The molecule has 70 heavy (non-hydrogen) atoms. The molecule has 1 aromatic heterocycles. The average Bonchev–Trinajstić information content (AvgIpc) is 4.17. The summed E-state index contributed by atoms with van der Waals surface area (Å²) in [7, 11) is 2.01. The number of likely N-dealkylation sites (N-methyl/N-ethyl adjacent to an activating group) is 1. The van der Waals surface area contributed by atoms with Crippen LogP contribution in [0.25, 0.3) is 0 Å². The van der Waals surface area contributed by atoms with Gasteiger partial charge in [-0.05, 0) is 124 Å². The van der Waals surface area contributed by atoms with E-state index in [1.807, 2.05) is 46.0 Å². The van der Waals surface area contributed by atoms with E-state index in [0.717, 1.165) is 86.2 Å². The maximum absolute atomic E-state index is 15.0. The van der Waals surface area contributed by atoms with Gasteiger partial charge in [0, 0.05) is 85.9 Å². The summed E-state index contributed by atoms with van der Waals surface area (Å²) in [5.41, 5.74) is 7.08. The third-order valence-electron chi connectivity index (χ3n) is 13.7. The average molecular weight is 959 g/mol. The van der Waals surface area contributed by atoms with Crippen LogP contribution in [0.5, 0.6) is 0 Å². The van der Waals surface area contributed by atoms with Crippen molar-refractivity contribution in [2.45, 2.75) is 98.2 Å². The summed E-state index contributed by atoms with van der Waals surface area (Å²) in [4.78, 5) is 40.8. The number of aromatic nitrogens is 1. The molecular weight excluding hydrogens is 887 g/mol. The van der Waals surface area contributed by atoms with Gasteiger partial charge in [0.2, 0.25) is 0 Å². The van der Waals surface area contributed by atoms with Crippen molar-refractivity contribution >= 4 is 41.0 Å². The quantitative estimate of drug-likeness (QED) is 0.0907. The normalized spacial score (nSPS) is 19.7. The minimum absolute atomic E-state index is 0. The number of likely N-dealkylation sites (tertiary alicyclic amines) is 3. The van der Waals surface area contributed by atoms with Crippen molar-refractivity contribution in [2.75, 3.05) is 58.2 Å². The number of nitrogens with one attached hydrogen (secondary N) is 6. The number of pyridine rings is 1. The van der Waals surface area contributed by atoms with Crippen LogP contribution in [-0.2, 0) is 25.9 Å². The lowest BCUT2D eigenvalue weighted by atomic mass is 9.91. The Bertz CT molecular complexity index is 2660. The highest BCUT2D eigenvalue weighted by atomic mass is 19.1. The summed E-state index contributed by atoms with van der Waals surface area (Å²) < 4.78 is 29.7. The van der Waals surface area contributed by atoms with E-state index in [1.165, 1.54) is 30.7 Å². The molecule has 9 rings (SSSR count). The fourth-order valence-electron chi connectivity index (χ4n) is 9.92. The molecule has 2 aromatic carbocycles. The predicted molar refractivity (Wildman–Crippen MR) is 278 cm³/mol. The predicted octanol–water partition coefficient (Wildman–Crippen LogP) is 9.15. The van der Waals surface area contributed by atoms with E-state index in [4.69, 9.17) is 21.6 Å². The SMILES string of the molecule is C/C=C(\CN1CCc2cc(F)c(C(=O)Nc3cccc(C(=N)N4CCCC4=N)n3)cc2C1)N1CCCC1.C/C=C1/C(C(=N)N2CCCC2=N)=CC=CC1NC(=O)c1cc2c(cc1F)CCN(C)C2.CC.[HH].[HH]. The topological polar surface area (TPSA) is 183 Å². The zero-order valence-corrected chi connectivity index (χ0v) is 41.3. The number of carbonyl (C=O) groups excluding carboxylic acids is 2. The first kappa shape index (κ1) is 51.2. The number of anilines is 1. The molecule has 3 fully saturated rings. The molecule has 3 aromatic rings. The molecule has 1 unspecified atom stereocenters. The minimum Gasteiger partial charge on any atom is -0.374 e. The molecule has 2 amide bonds. The van der Waals surface area contributed by atoms with E-state index in [2.05, 4.69) is 43.3 Å². The van der Waals surface area contributed by atoms with Gasteiger partial charge in [-0.1, -0.05) is 50.3 Å². The summed E-state index contributed by atoms with van der Waals surface area (Å²) >= 11 is 0. The van der Waals surface area contributed by atoms with Crippen molar-refractivity contribution in [3.05, 3.63) is 140 Å². The summed E-state index contributed by atoms with van der Waals surface area (Å²) in [6, 6.07) is 10.9. The molecule has 1 atom stereocenters. The van der Waals surface area contributed by atoms with Gasteiger partial charge in [0.05, 0.1) is 17.2 Å². The number of hydrogen-bond donors (Lipinski definition) is 6. The number of rotatable bonds is 9. The first-order valence-electron chi connectivity index (χ1n) is 24.8. The summed E-state index contributed by atoms with van der Waals surface area (Å²) in [6.45, 7) is 15.4. The first-order valence-corrected chi connectivity index (χ1v) is 24.8. The molecule has 1 aliphatic carbocycles. The van der Waals surface area contributed by atoms with Crippen LogP contribution in [-0.4, -0.2) is 124 Å². The lowest BCUT2D eigenvalue weighted by Gasteiger charge is -2.32. The van der Waals surface area contributed by atoms with E-state index >= 15 is 0 Å². The van der Waals surface area contributed by atoms with E-state index in [9.17, 15) is 18.4 Å². The monoisotopic (exact) mass is 959 g/mol. The van der Waals surface area contributed by atoms with Crippen molar-refractivity contribution in [2.24, 2.45) is 0 Å². The van der Waals surface area contributed by atoms with Crippen LogP contribution in [0.3, 0.4) is 0 Å². The molecule has 0 saturated carbocycles. The number of amides is 2. The van der Waals surface area contributed by atoms with Gasteiger partial charge in [0.25, 0.3) is 11.8 Å². The van der Waals surface area contributed by atoms with E-state index in [-0.39, 0.29) is 31.5 Å². The lowest BCUT2D eigenvalue weighted by Crippen LogP contribution is -2.40. The van der Waals surface area contributed by atoms with Gasteiger partial charge in [-0.15, -0.1) is 0 Å². The molecular formula is C54H72F2N12O2. The maximum atomic E-state index is 15.0. The van der Waals surface area contributed by atoms with Crippen molar-refractivity contribution in [3.63, 3.8) is 0 Å². The highest BCUT2D eigenvalue weighted by Gasteiger charge is 2.30. The number of halogens is 2. The largest absolute Gasteiger partial charge is 0.374 e. The molecule has 16 heteroatoms. The summed E-state index contributed by atoms with van der Waals surface area (Å²) in [6.07, 6.45) is 16.5. The van der Waals surface area contributed by atoms with Crippen LogP contribution in [0, 0.1) is 33.3 Å². The molecule has 6 aliphatic rings. The van der Waals surface area contributed by atoms with Gasteiger partial charge < -0.3 is 30.2 Å². The number of fused-ring (bicyclic) bond motifs is 2. The zero-order valence-electron chi connectivity index (χ0n) is 41.3. The van der Waals surface area contributed by atoms with E-state index in [1.54, 1.807) is 46.2 Å². The van der Waals surface area contributed by atoms with Gasteiger partial charge in [-0.25, -0.2) is 13.8 Å². The Morgan fingerprint density at radius 2 is 1.39 bits per heavy atom. The Kier molecular flexibility index (Phi) is 17.0. The fourth-order valence-corrected chi connectivity index (χ4v) is 9.92. The molecule has 6 heterocycles. The third-order valence-corrected chi connectivity index (χ3v) is 13.7. The zero-order chi connectivity index (χ0) is 50.1. The number of hydrogen-bond acceptors (Lipinski definition) is 10. The summed E-state index contributed by atoms with van der Waals surface area (Å²) in [5.74, 6) is -0.582. The van der Waals surface area contributed by atoms with Crippen LogP contribution in [0.2, 0.25) is 0 Å². The summed E-state index contributed by atoms with van der Waals surface area (Å²) in [5, 5.41) is 38.7. The molecule has 3 saturated heterocycles. The van der Waals surface area contributed by atoms with E-state index < -0.39 is 29.5 Å². The van der Waals surface area contributed by atoms with Gasteiger partial charge in [0.15, 0.2) is 5.84 Å². The van der Waals surface area contributed by atoms with Gasteiger partial charge in [-0.2, -0.15) is 0 Å². The molecule has 6 N–H and O–H groups in total. The number of nitrogens with zero attached hydrogens (tertiary/aromatic N) is 6.